The van der Waals surface area contributed by atoms with Crippen molar-refractivity contribution in [3.8, 4) is 0 Å². The van der Waals surface area contributed by atoms with Crippen molar-refractivity contribution in [2.75, 3.05) is 19.8 Å². The highest BCUT2D eigenvalue weighted by Crippen LogP contribution is 2.10. The zero-order chi connectivity index (χ0) is 15.7. The predicted molar refractivity (Wildman–Crippen MR) is 80.4 cm³/mol. The number of benzene rings is 1. The summed E-state index contributed by atoms with van der Waals surface area (Å²) in [5.74, 6) is -0.473. The SMILES string of the molecule is CCCOC(=O)N(CC)C(Cl)COC(=O)c1ccccc1. The van der Waals surface area contributed by atoms with Gasteiger partial charge in [-0.25, -0.2) is 9.59 Å². The number of carbonyl (C=O) groups excluding carboxylic acids is 2. The lowest BCUT2D eigenvalue weighted by atomic mass is 10.2. The number of likely N-dealkylation sites (N-methyl/N-ethyl adjacent to an activating group) is 1. The summed E-state index contributed by atoms with van der Waals surface area (Å²) in [5.41, 5.74) is -0.315. The molecule has 0 aromatic heterocycles. The lowest BCUT2D eigenvalue weighted by Crippen LogP contribution is -2.40. The van der Waals surface area contributed by atoms with Gasteiger partial charge in [-0.3, -0.25) is 4.90 Å². The lowest BCUT2D eigenvalue weighted by Gasteiger charge is -2.25. The summed E-state index contributed by atoms with van der Waals surface area (Å²) in [6.45, 7) is 4.30. The summed E-state index contributed by atoms with van der Waals surface area (Å²) in [6.07, 6.45) is 0.231. The Labute approximate surface area is 129 Å². The Bertz CT molecular complexity index is 452. The van der Waals surface area contributed by atoms with Crippen molar-refractivity contribution in [3.05, 3.63) is 35.9 Å². The quantitative estimate of drug-likeness (QED) is 0.440. The van der Waals surface area contributed by atoms with Crippen molar-refractivity contribution in [1.29, 1.82) is 0 Å². The maximum absolute atomic E-state index is 11.8. The minimum atomic E-state index is -0.757. The summed E-state index contributed by atoms with van der Waals surface area (Å²) in [6, 6.07) is 8.60. The number of hydrogen-bond donors (Lipinski definition) is 0. The number of halogens is 1. The molecule has 0 aliphatic heterocycles. The molecule has 0 radical (unpaired) electrons. The number of hydrogen-bond acceptors (Lipinski definition) is 4. The molecule has 0 N–H and O–H groups in total. The molecule has 1 amide bonds. The van der Waals surface area contributed by atoms with Crippen molar-refractivity contribution < 1.29 is 19.1 Å². The first kappa shape index (κ1) is 17.3. The number of rotatable bonds is 7. The molecule has 0 bridgehead atoms. The molecular formula is C15H20ClNO4. The van der Waals surface area contributed by atoms with Crippen LogP contribution in [-0.4, -0.2) is 42.2 Å². The molecule has 0 heterocycles. The van der Waals surface area contributed by atoms with E-state index in [2.05, 4.69) is 0 Å². The van der Waals surface area contributed by atoms with E-state index in [0.29, 0.717) is 18.7 Å². The smallest absolute Gasteiger partial charge is 0.411 e. The van der Waals surface area contributed by atoms with Crippen molar-refractivity contribution in [2.45, 2.75) is 25.8 Å². The first-order valence-corrected chi connectivity index (χ1v) is 7.33. The van der Waals surface area contributed by atoms with Gasteiger partial charge in [-0.1, -0.05) is 36.7 Å². The summed E-state index contributed by atoms with van der Waals surface area (Å²) in [4.78, 5) is 24.9. The second-order valence-corrected chi connectivity index (χ2v) is 4.80. The van der Waals surface area contributed by atoms with Gasteiger partial charge >= 0.3 is 12.1 Å². The lowest BCUT2D eigenvalue weighted by molar-refractivity contribution is 0.0404. The number of amides is 1. The maximum Gasteiger partial charge on any atom is 0.411 e. The first-order chi connectivity index (χ1) is 10.1. The Hall–Kier alpha value is -1.75. The van der Waals surface area contributed by atoms with E-state index in [9.17, 15) is 9.59 Å². The highest BCUT2D eigenvalue weighted by Gasteiger charge is 2.23. The van der Waals surface area contributed by atoms with Crippen LogP contribution in [0, 0.1) is 0 Å². The van der Waals surface area contributed by atoms with E-state index in [1.54, 1.807) is 31.2 Å². The third-order valence-corrected chi connectivity index (χ3v) is 3.07. The van der Waals surface area contributed by atoms with Crippen LogP contribution >= 0.6 is 11.6 Å². The summed E-state index contributed by atoms with van der Waals surface area (Å²) in [7, 11) is 0. The Morgan fingerprint density at radius 1 is 1.19 bits per heavy atom. The number of alkyl halides is 1. The first-order valence-electron chi connectivity index (χ1n) is 6.89. The maximum atomic E-state index is 11.8. The number of esters is 1. The van der Waals surface area contributed by atoms with Crippen molar-refractivity contribution >= 4 is 23.7 Å². The van der Waals surface area contributed by atoms with Crippen molar-refractivity contribution in [2.24, 2.45) is 0 Å². The molecule has 0 aliphatic carbocycles. The van der Waals surface area contributed by atoms with Gasteiger partial charge in [-0.05, 0) is 25.5 Å². The fraction of sp³-hybridized carbons (Fsp3) is 0.467. The van der Waals surface area contributed by atoms with E-state index in [4.69, 9.17) is 21.1 Å². The molecule has 21 heavy (non-hydrogen) atoms. The average Bonchev–Trinajstić information content (AvgIpc) is 2.52. The molecule has 0 spiro atoms. The molecule has 0 aliphatic rings. The molecule has 1 rings (SSSR count). The van der Waals surface area contributed by atoms with Crippen LogP contribution < -0.4 is 0 Å². The molecule has 0 saturated heterocycles. The second kappa shape index (κ2) is 9.23. The van der Waals surface area contributed by atoms with Crippen LogP contribution in [0.15, 0.2) is 30.3 Å². The third kappa shape index (κ3) is 5.63. The van der Waals surface area contributed by atoms with Gasteiger partial charge in [0.25, 0.3) is 0 Å². The van der Waals surface area contributed by atoms with Crippen LogP contribution in [0.25, 0.3) is 0 Å². The van der Waals surface area contributed by atoms with Gasteiger partial charge in [0.1, 0.15) is 12.1 Å². The van der Waals surface area contributed by atoms with Crippen molar-refractivity contribution in [3.63, 3.8) is 0 Å². The van der Waals surface area contributed by atoms with Gasteiger partial charge in [-0.2, -0.15) is 0 Å². The Kier molecular flexibility index (Phi) is 7.61. The number of nitrogens with zero attached hydrogens (tertiary/aromatic N) is 1. The third-order valence-electron chi connectivity index (χ3n) is 2.70. The van der Waals surface area contributed by atoms with Gasteiger partial charge in [-0.15, -0.1) is 0 Å². The van der Waals surface area contributed by atoms with Gasteiger partial charge in [0.2, 0.25) is 0 Å². The molecule has 0 fully saturated rings. The van der Waals surface area contributed by atoms with Crippen LogP contribution in [-0.2, 0) is 9.47 Å². The Balaban J connectivity index is 2.49. The molecule has 6 heteroatoms. The molecule has 0 saturated carbocycles. The second-order valence-electron chi connectivity index (χ2n) is 4.30. The van der Waals surface area contributed by atoms with Gasteiger partial charge in [0, 0.05) is 6.54 Å². The summed E-state index contributed by atoms with van der Waals surface area (Å²) in [5, 5.41) is 0. The predicted octanol–water partition coefficient (Wildman–Crippen LogP) is 3.28. The Morgan fingerprint density at radius 3 is 2.43 bits per heavy atom. The molecule has 1 unspecified atom stereocenters. The van der Waals surface area contributed by atoms with Crippen LogP contribution in [0.1, 0.15) is 30.6 Å². The summed E-state index contributed by atoms with van der Waals surface area (Å²) < 4.78 is 10.1. The molecule has 1 atom stereocenters. The number of carbonyl (C=O) groups is 2. The normalized spacial score (nSPS) is 11.6. The van der Waals surface area contributed by atoms with Gasteiger partial charge in [0.05, 0.1) is 12.2 Å². The summed E-state index contributed by atoms with van der Waals surface area (Å²) >= 11 is 6.10. The standard InChI is InChI=1S/C15H20ClNO4/c1-3-10-20-15(19)17(4-2)13(16)11-21-14(18)12-8-6-5-7-9-12/h5-9,13H,3-4,10-11H2,1-2H3. The molecule has 116 valence electrons. The monoisotopic (exact) mass is 313 g/mol. The average molecular weight is 314 g/mol. The van der Waals surface area contributed by atoms with Crippen LogP contribution in [0.2, 0.25) is 0 Å². The van der Waals surface area contributed by atoms with Gasteiger partial charge in [0.15, 0.2) is 0 Å². The van der Waals surface area contributed by atoms with E-state index in [0.717, 1.165) is 6.42 Å². The van der Waals surface area contributed by atoms with E-state index in [1.165, 1.54) is 4.90 Å². The van der Waals surface area contributed by atoms with E-state index >= 15 is 0 Å². The zero-order valence-electron chi connectivity index (χ0n) is 12.3. The zero-order valence-corrected chi connectivity index (χ0v) is 13.0. The number of ether oxygens (including phenoxy) is 2. The van der Waals surface area contributed by atoms with E-state index in [1.807, 2.05) is 13.0 Å². The van der Waals surface area contributed by atoms with Crippen molar-refractivity contribution in [1.82, 2.24) is 4.90 Å². The Morgan fingerprint density at radius 2 is 1.86 bits per heavy atom. The molecule has 1 aromatic rings. The fourth-order valence-corrected chi connectivity index (χ4v) is 1.89. The van der Waals surface area contributed by atoms with Crippen LogP contribution in [0.5, 0.6) is 0 Å². The van der Waals surface area contributed by atoms with E-state index in [-0.39, 0.29) is 6.61 Å². The minimum absolute atomic E-state index is 0.0929. The molecule has 1 aromatic carbocycles. The minimum Gasteiger partial charge on any atom is -0.459 e. The van der Waals surface area contributed by atoms with E-state index < -0.39 is 17.6 Å². The largest absolute Gasteiger partial charge is 0.459 e. The van der Waals surface area contributed by atoms with Gasteiger partial charge < -0.3 is 9.47 Å². The highest BCUT2D eigenvalue weighted by molar-refractivity contribution is 6.21. The topological polar surface area (TPSA) is 55.8 Å². The molecule has 5 nitrogen and oxygen atoms in total. The fourth-order valence-electron chi connectivity index (χ4n) is 1.61. The molecular weight excluding hydrogens is 294 g/mol. The highest BCUT2D eigenvalue weighted by atomic mass is 35.5. The van der Waals surface area contributed by atoms with Crippen LogP contribution in [0.3, 0.4) is 0 Å². The van der Waals surface area contributed by atoms with Crippen LogP contribution in [0.4, 0.5) is 4.79 Å².